The lowest BCUT2D eigenvalue weighted by atomic mass is 10.00. The summed E-state index contributed by atoms with van der Waals surface area (Å²) in [5, 5.41) is 17.0. The van der Waals surface area contributed by atoms with Crippen LogP contribution in [0.4, 0.5) is 0 Å². The Morgan fingerprint density at radius 2 is 1.92 bits per heavy atom. The summed E-state index contributed by atoms with van der Waals surface area (Å²) in [6.07, 6.45) is 6.03. The molecule has 12 heavy (non-hydrogen) atoms. The predicted molar refractivity (Wildman–Crippen MR) is 48.1 cm³/mol. The van der Waals surface area contributed by atoms with Crippen LogP contribution in [0.15, 0.2) is 0 Å². The van der Waals surface area contributed by atoms with Gasteiger partial charge >= 0.3 is 0 Å². The summed E-state index contributed by atoms with van der Waals surface area (Å²) < 4.78 is 0. The van der Waals surface area contributed by atoms with Gasteiger partial charge in [0.2, 0.25) is 0 Å². The van der Waals surface area contributed by atoms with Gasteiger partial charge in [0.05, 0.1) is 24.5 Å². The Morgan fingerprint density at radius 3 is 2.42 bits per heavy atom. The van der Waals surface area contributed by atoms with Gasteiger partial charge < -0.3 is 0 Å². The lowest BCUT2D eigenvalue weighted by Gasteiger charge is -2.02. The molecule has 0 N–H and O–H groups in total. The zero-order valence-corrected chi connectivity index (χ0v) is 7.71. The molecular weight excluding hydrogens is 148 g/mol. The van der Waals surface area contributed by atoms with E-state index in [4.69, 9.17) is 10.5 Å². The highest BCUT2D eigenvalue weighted by Gasteiger charge is 2.04. The Bertz CT molecular complexity index is 173. The maximum Gasteiger partial charge on any atom is 0.0666 e. The van der Waals surface area contributed by atoms with Crippen molar-refractivity contribution >= 4 is 0 Å². The average molecular weight is 164 g/mol. The summed E-state index contributed by atoms with van der Waals surface area (Å²) in [5.74, 6) is -0.0353. The molecule has 0 aromatic heterocycles. The van der Waals surface area contributed by atoms with Crippen LogP contribution in [0, 0.1) is 28.6 Å². The molecule has 1 atom stereocenters. The lowest BCUT2D eigenvalue weighted by molar-refractivity contribution is 0.545. The third-order valence-electron chi connectivity index (χ3n) is 1.93. The van der Waals surface area contributed by atoms with Crippen LogP contribution in [0.1, 0.15) is 45.4 Å². The van der Waals surface area contributed by atoms with Crippen molar-refractivity contribution in [2.75, 3.05) is 0 Å². The van der Waals surface area contributed by atoms with Crippen LogP contribution in [-0.2, 0) is 0 Å². The average Bonchev–Trinajstić information content (AvgIpc) is 2.10. The number of hydrogen-bond donors (Lipinski definition) is 0. The first kappa shape index (κ1) is 11.0. The third kappa shape index (κ3) is 5.74. The van der Waals surface area contributed by atoms with Crippen LogP contribution in [0.25, 0.3) is 0 Å². The summed E-state index contributed by atoms with van der Waals surface area (Å²) in [4.78, 5) is 0. The Labute approximate surface area is 74.8 Å². The zero-order valence-electron chi connectivity index (χ0n) is 7.71. The van der Waals surface area contributed by atoms with E-state index in [1.807, 2.05) is 6.07 Å². The second-order valence-electron chi connectivity index (χ2n) is 3.04. The molecule has 2 nitrogen and oxygen atoms in total. The van der Waals surface area contributed by atoms with Gasteiger partial charge in [-0.1, -0.05) is 32.6 Å². The van der Waals surface area contributed by atoms with Crippen molar-refractivity contribution in [2.24, 2.45) is 5.92 Å². The SMILES string of the molecule is CCCCCCC(C#N)CC#N. The molecule has 0 amide bonds. The molecule has 0 aromatic rings. The quantitative estimate of drug-likeness (QED) is 0.566. The number of nitriles is 2. The number of nitrogens with zero attached hydrogens (tertiary/aromatic N) is 2. The van der Waals surface area contributed by atoms with Gasteiger partial charge in [0.15, 0.2) is 0 Å². The number of unbranched alkanes of at least 4 members (excludes halogenated alkanes) is 3. The smallest absolute Gasteiger partial charge is 0.0666 e. The topological polar surface area (TPSA) is 47.6 Å². The van der Waals surface area contributed by atoms with Crippen molar-refractivity contribution in [3.8, 4) is 12.1 Å². The predicted octanol–water partition coefficient (Wildman–Crippen LogP) is 3.01. The molecule has 66 valence electrons. The molecule has 0 aliphatic rings. The molecule has 1 unspecified atom stereocenters. The van der Waals surface area contributed by atoms with Crippen molar-refractivity contribution in [1.82, 2.24) is 0 Å². The van der Waals surface area contributed by atoms with Crippen molar-refractivity contribution in [1.29, 1.82) is 10.5 Å². The molecule has 0 heterocycles. The Balaban J connectivity index is 3.35. The minimum absolute atomic E-state index is 0.0353. The molecule has 0 saturated heterocycles. The highest BCUT2D eigenvalue weighted by molar-refractivity contribution is 4.89. The van der Waals surface area contributed by atoms with E-state index in [0.717, 1.165) is 12.8 Å². The summed E-state index contributed by atoms with van der Waals surface area (Å²) in [7, 11) is 0. The van der Waals surface area contributed by atoms with E-state index in [-0.39, 0.29) is 5.92 Å². The maximum absolute atomic E-state index is 8.61. The number of rotatable bonds is 6. The minimum atomic E-state index is -0.0353. The molecule has 0 bridgehead atoms. The Hall–Kier alpha value is -1.02. The van der Waals surface area contributed by atoms with Crippen molar-refractivity contribution in [2.45, 2.75) is 45.4 Å². The molecule has 0 spiro atoms. The van der Waals surface area contributed by atoms with E-state index < -0.39 is 0 Å². The van der Waals surface area contributed by atoms with Gasteiger partial charge in [0, 0.05) is 0 Å². The van der Waals surface area contributed by atoms with E-state index >= 15 is 0 Å². The molecule has 0 aliphatic carbocycles. The van der Waals surface area contributed by atoms with Crippen LogP contribution >= 0.6 is 0 Å². The molecule has 0 aromatic carbocycles. The fourth-order valence-electron chi connectivity index (χ4n) is 1.14. The molecule has 0 aliphatic heterocycles. The molecular formula is C10H16N2. The summed E-state index contributed by atoms with van der Waals surface area (Å²) >= 11 is 0. The normalized spacial score (nSPS) is 11.6. The third-order valence-corrected chi connectivity index (χ3v) is 1.93. The van der Waals surface area contributed by atoms with Gasteiger partial charge in [-0.05, 0) is 6.42 Å². The first-order valence-corrected chi connectivity index (χ1v) is 4.61. The summed E-state index contributed by atoms with van der Waals surface area (Å²) in [5.41, 5.74) is 0. The van der Waals surface area contributed by atoms with Gasteiger partial charge in [-0.25, -0.2) is 0 Å². The highest BCUT2D eigenvalue weighted by Crippen LogP contribution is 2.12. The standard InChI is InChI=1S/C10H16N2/c1-2-3-4-5-6-10(9-12)7-8-11/h10H,2-7H2,1H3. The van der Waals surface area contributed by atoms with E-state index in [9.17, 15) is 0 Å². The van der Waals surface area contributed by atoms with Gasteiger partial charge in [-0.15, -0.1) is 0 Å². The second kappa shape index (κ2) is 8.08. The van der Waals surface area contributed by atoms with Crippen LogP contribution in [-0.4, -0.2) is 0 Å². The van der Waals surface area contributed by atoms with E-state index in [0.29, 0.717) is 6.42 Å². The van der Waals surface area contributed by atoms with Crippen LogP contribution < -0.4 is 0 Å². The van der Waals surface area contributed by atoms with Gasteiger partial charge in [-0.3, -0.25) is 0 Å². The first-order valence-electron chi connectivity index (χ1n) is 4.61. The lowest BCUT2D eigenvalue weighted by Crippen LogP contribution is -1.95. The Morgan fingerprint density at radius 1 is 1.17 bits per heavy atom. The largest absolute Gasteiger partial charge is 0.198 e. The summed E-state index contributed by atoms with van der Waals surface area (Å²) in [6, 6.07) is 4.19. The van der Waals surface area contributed by atoms with E-state index in [1.54, 1.807) is 0 Å². The molecule has 0 saturated carbocycles. The van der Waals surface area contributed by atoms with Gasteiger partial charge in [0.1, 0.15) is 0 Å². The van der Waals surface area contributed by atoms with Crippen LogP contribution in [0.5, 0.6) is 0 Å². The highest BCUT2D eigenvalue weighted by atomic mass is 14.3. The maximum atomic E-state index is 8.61. The van der Waals surface area contributed by atoms with Crippen molar-refractivity contribution in [3.63, 3.8) is 0 Å². The summed E-state index contributed by atoms with van der Waals surface area (Å²) in [6.45, 7) is 2.16. The fourth-order valence-corrected chi connectivity index (χ4v) is 1.14. The molecule has 0 radical (unpaired) electrons. The van der Waals surface area contributed by atoms with E-state index in [1.165, 1.54) is 19.3 Å². The number of hydrogen-bond acceptors (Lipinski definition) is 2. The first-order chi connectivity index (χ1) is 5.85. The minimum Gasteiger partial charge on any atom is -0.198 e. The van der Waals surface area contributed by atoms with Crippen LogP contribution in [0.3, 0.4) is 0 Å². The monoisotopic (exact) mass is 164 g/mol. The second-order valence-corrected chi connectivity index (χ2v) is 3.04. The zero-order chi connectivity index (χ0) is 9.23. The van der Waals surface area contributed by atoms with Crippen LogP contribution in [0.2, 0.25) is 0 Å². The van der Waals surface area contributed by atoms with E-state index in [2.05, 4.69) is 13.0 Å². The van der Waals surface area contributed by atoms with Crippen molar-refractivity contribution in [3.05, 3.63) is 0 Å². The fraction of sp³-hybridized carbons (Fsp3) is 0.800. The van der Waals surface area contributed by atoms with Crippen molar-refractivity contribution < 1.29 is 0 Å². The van der Waals surface area contributed by atoms with Gasteiger partial charge in [0.25, 0.3) is 0 Å². The molecule has 0 fully saturated rings. The molecule has 0 rings (SSSR count). The molecule has 2 heteroatoms. The Kier molecular flexibility index (Phi) is 7.39. The van der Waals surface area contributed by atoms with Gasteiger partial charge in [-0.2, -0.15) is 10.5 Å².